The number of ether oxygens (including phenoxy) is 3. The molecule has 0 radical (unpaired) electrons. The molecule has 2 fully saturated rings. The van der Waals surface area contributed by atoms with Crippen LogP contribution in [-0.2, 0) is 40.4 Å². The number of aromatic amines is 1. The number of benzene rings is 1. The van der Waals surface area contributed by atoms with Crippen molar-refractivity contribution in [2.75, 3.05) is 13.7 Å². The molecule has 1 aromatic carbocycles. The van der Waals surface area contributed by atoms with Crippen molar-refractivity contribution in [2.45, 2.75) is 58.0 Å². The second-order valence-corrected chi connectivity index (χ2v) is 10.8. The summed E-state index contributed by atoms with van der Waals surface area (Å²) in [6.07, 6.45) is 4.08. The van der Waals surface area contributed by atoms with Crippen LogP contribution in [0.2, 0.25) is 0 Å². The topological polar surface area (TPSA) is 94.7 Å². The summed E-state index contributed by atoms with van der Waals surface area (Å²) in [5.74, 6) is -1.13. The van der Waals surface area contributed by atoms with Crippen LogP contribution in [0.15, 0.2) is 48.1 Å². The van der Waals surface area contributed by atoms with Gasteiger partial charge in [-0.15, -0.1) is 0 Å². The molecule has 5 rings (SSSR count). The molecule has 2 aliphatic carbocycles. The first-order valence-corrected chi connectivity index (χ1v) is 12.5. The van der Waals surface area contributed by atoms with Gasteiger partial charge >= 0.3 is 17.9 Å². The molecule has 1 aromatic heterocycles. The molecule has 0 spiro atoms. The fourth-order valence-electron chi connectivity index (χ4n) is 7.23. The first kappa shape index (κ1) is 24.3. The van der Waals surface area contributed by atoms with Crippen LogP contribution in [0.1, 0.15) is 51.3 Å². The molecule has 1 saturated heterocycles. The van der Waals surface area contributed by atoms with Crippen molar-refractivity contribution >= 4 is 28.8 Å². The number of rotatable bonds is 4. The van der Waals surface area contributed by atoms with Gasteiger partial charge in [0.25, 0.3) is 0 Å². The molecule has 190 valence electrons. The zero-order chi connectivity index (χ0) is 25.8. The second-order valence-electron chi connectivity index (χ2n) is 10.8. The van der Waals surface area contributed by atoms with Crippen LogP contribution in [0.5, 0.6) is 0 Å². The summed E-state index contributed by atoms with van der Waals surface area (Å²) in [4.78, 5) is 41.0. The maximum absolute atomic E-state index is 13.5. The summed E-state index contributed by atoms with van der Waals surface area (Å²) in [6, 6.07) is 8.15. The highest BCUT2D eigenvalue weighted by atomic mass is 16.6. The van der Waals surface area contributed by atoms with Crippen LogP contribution in [0.4, 0.5) is 0 Å². The third-order valence-electron chi connectivity index (χ3n) is 8.87. The second kappa shape index (κ2) is 8.64. The van der Waals surface area contributed by atoms with E-state index in [2.05, 4.69) is 24.6 Å². The Hall–Kier alpha value is -3.35. The van der Waals surface area contributed by atoms with Gasteiger partial charge in [0, 0.05) is 23.5 Å². The van der Waals surface area contributed by atoms with E-state index >= 15 is 0 Å². The molecule has 2 heterocycles. The Morgan fingerprint density at radius 2 is 2.03 bits per heavy atom. The van der Waals surface area contributed by atoms with Crippen molar-refractivity contribution < 1.29 is 28.6 Å². The average Bonchev–Trinajstić information content (AvgIpc) is 3.38. The van der Waals surface area contributed by atoms with Gasteiger partial charge in [0.15, 0.2) is 6.10 Å². The van der Waals surface area contributed by atoms with Crippen molar-refractivity contribution in [1.82, 2.24) is 4.98 Å². The van der Waals surface area contributed by atoms with E-state index < -0.39 is 23.5 Å². The Balaban J connectivity index is 1.60. The number of hydrogen-bond acceptors (Lipinski definition) is 6. The predicted octanol–water partition coefficient (Wildman–Crippen LogP) is 4.55. The fourth-order valence-corrected chi connectivity index (χ4v) is 7.23. The zero-order valence-electron chi connectivity index (χ0n) is 21.3. The maximum atomic E-state index is 13.5. The summed E-state index contributed by atoms with van der Waals surface area (Å²) < 4.78 is 15.9. The van der Waals surface area contributed by atoms with Crippen LogP contribution in [-0.4, -0.2) is 42.7 Å². The number of cyclic esters (lactones) is 1. The largest absolute Gasteiger partial charge is 0.468 e. The first-order valence-electron chi connectivity index (χ1n) is 12.5. The summed E-state index contributed by atoms with van der Waals surface area (Å²) in [5, 5.41) is 1.12. The number of H-pyrrole nitrogens is 1. The van der Waals surface area contributed by atoms with E-state index in [1.165, 1.54) is 14.0 Å². The van der Waals surface area contributed by atoms with E-state index in [4.69, 9.17) is 14.2 Å². The number of allylic oxidation sites excluding steroid dienone is 2. The SMILES string of the molecule is C=C1CC[C@H]2[C@@](C)(Cc3c([nH]c4ccccc34)[C@@]2(C)C(=O)OC)[C@@H]1C/C=C1/C(=O)OC[C@H]1OC(C)=O. The average molecular weight is 492 g/mol. The van der Waals surface area contributed by atoms with E-state index in [9.17, 15) is 14.4 Å². The molecule has 1 aliphatic heterocycles. The smallest absolute Gasteiger partial charge is 0.337 e. The molecule has 5 atom stereocenters. The van der Waals surface area contributed by atoms with Gasteiger partial charge in [-0.2, -0.15) is 0 Å². The van der Waals surface area contributed by atoms with Gasteiger partial charge < -0.3 is 19.2 Å². The number of aromatic nitrogens is 1. The lowest BCUT2D eigenvalue weighted by atomic mass is 9.46. The Kier molecular flexibility index (Phi) is 5.85. The van der Waals surface area contributed by atoms with E-state index in [-0.39, 0.29) is 29.8 Å². The summed E-state index contributed by atoms with van der Waals surface area (Å²) in [7, 11) is 1.45. The summed E-state index contributed by atoms with van der Waals surface area (Å²) in [5.41, 5.74) is 3.41. The molecule has 0 bridgehead atoms. The minimum atomic E-state index is -0.852. The van der Waals surface area contributed by atoms with Gasteiger partial charge in [0.2, 0.25) is 0 Å². The summed E-state index contributed by atoms with van der Waals surface area (Å²) >= 11 is 0. The Bertz CT molecular complexity index is 1300. The minimum Gasteiger partial charge on any atom is -0.468 e. The quantitative estimate of drug-likeness (QED) is 0.292. The van der Waals surface area contributed by atoms with Gasteiger partial charge in [-0.05, 0) is 61.5 Å². The van der Waals surface area contributed by atoms with Crippen LogP contribution in [0.3, 0.4) is 0 Å². The number of fused-ring (bicyclic) bond motifs is 4. The number of esters is 3. The predicted molar refractivity (Wildman–Crippen MR) is 134 cm³/mol. The van der Waals surface area contributed by atoms with Gasteiger partial charge in [-0.3, -0.25) is 9.59 Å². The monoisotopic (exact) mass is 491 g/mol. The molecule has 7 nitrogen and oxygen atoms in total. The molecule has 36 heavy (non-hydrogen) atoms. The Morgan fingerprint density at radius 3 is 2.75 bits per heavy atom. The number of methoxy groups -OCH3 is 1. The highest BCUT2D eigenvalue weighted by Crippen LogP contribution is 2.62. The number of carbonyl (C=O) groups is 3. The van der Waals surface area contributed by atoms with Gasteiger partial charge in [0.05, 0.1) is 12.7 Å². The van der Waals surface area contributed by atoms with E-state index in [1.54, 1.807) is 0 Å². The zero-order valence-corrected chi connectivity index (χ0v) is 21.3. The molecule has 1 saturated carbocycles. The van der Waals surface area contributed by atoms with E-state index in [0.29, 0.717) is 12.0 Å². The standard InChI is InChI=1S/C29H33NO6/c1-16-10-13-24-28(3,21(16)12-11-19-23(36-17(2)31)15-35-26(19)32)14-20-18-8-6-7-9-22(18)30-25(20)29(24,4)27(33)34-5/h6-9,11,21,23-24,30H,1,10,12-15H2,2-5H3/b19-11+/t21-,23-,24+,28+,29+/m1/s1. The summed E-state index contributed by atoms with van der Waals surface area (Å²) in [6.45, 7) is 10.0. The molecule has 3 aliphatic rings. The normalized spacial score (nSPS) is 32.7. The van der Waals surface area contributed by atoms with Crippen molar-refractivity contribution in [3.05, 3.63) is 59.3 Å². The molecular formula is C29H33NO6. The van der Waals surface area contributed by atoms with Gasteiger partial charge in [-0.25, -0.2) is 4.79 Å². The third kappa shape index (κ3) is 3.51. The highest BCUT2D eigenvalue weighted by Gasteiger charge is 2.61. The lowest BCUT2D eigenvalue weighted by molar-refractivity contribution is -0.155. The third-order valence-corrected chi connectivity index (χ3v) is 8.87. The van der Waals surface area contributed by atoms with Crippen molar-refractivity contribution in [1.29, 1.82) is 0 Å². The van der Waals surface area contributed by atoms with Gasteiger partial charge in [-0.1, -0.05) is 43.4 Å². The van der Waals surface area contributed by atoms with Crippen LogP contribution in [0, 0.1) is 17.3 Å². The minimum absolute atomic E-state index is 0.00621. The molecule has 0 unspecified atom stereocenters. The van der Waals surface area contributed by atoms with Gasteiger partial charge in [0.1, 0.15) is 12.0 Å². The van der Waals surface area contributed by atoms with Crippen molar-refractivity contribution in [3.8, 4) is 0 Å². The number of carbonyl (C=O) groups excluding carboxylic acids is 3. The molecular weight excluding hydrogens is 458 g/mol. The molecule has 1 N–H and O–H groups in total. The lowest BCUT2D eigenvalue weighted by Gasteiger charge is -2.57. The highest BCUT2D eigenvalue weighted by molar-refractivity contribution is 5.93. The van der Waals surface area contributed by atoms with Crippen LogP contribution >= 0.6 is 0 Å². The van der Waals surface area contributed by atoms with Crippen molar-refractivity contribution in [3.63, 3.8) is 0 Å². The fraction of sp³-hybridized carbons (Fsp3) is 0.483. The van der Waals surface area contributed by atoms with E-state index in [0.717, 1.165) is 47.0 Å². The Morgan fingerprint density at radius 1 is 1.28 bits per heavy atom. The number of nitrogens with one attached hydrogen (secondary N) is 1. The van der Waals surface area contributed by atoms with Crippen LogP contribution in [0.25, 0.3) is 10.9 Å². The first-order chi connectivity index (χ1) is 17.1. The molecule has 7 heteroatoms. The van der Waals surface area contributed by atoms with Crippen molar-refractivity contribution in [2.24, 2.45) is 17.3 Å². The molecule has 0 amide bonds. The Labute approximate surface area is 210 Å². The molecule has 2 aromatic rings. The lowest BCUT2D eigenvalue weighted by Crippen LogP contribution is -2.57. The number of para-hydroxylation sites is 1. The van der Waals surface area contributed by atoms with Crippen LogP contribution < -0.4 is 0 Å². The number of hydrogen-bond donors (Lipinski definition) is 1. The maximum Gasteiger partial charge on any atom is 0.337 e. The van der Waals surface area contributed by atoms with E-state index in [1.807, 2.05) is 31.2 Å².